The molecule has 0 bridgehead atoms. The molecule has 114 valence electrons. The molecule has 1 aromatic heterocycles. The van der Waals surface area contributed by atoms with Crippen LogP contribution in [-0.2, 0) is 16.6 Å². The average molecular weight is 299 g/mol. The molecule has 0 amide bonds. The van der Waals surface area contributed by atoms with Gasteiger partial charge in [-0.2, -0.15) is 0 Å². The standard InChI is InChI=1S/C14H25N3O2S/c1-5-9-15-10-12-7-8-13(16-11-12)20(18,19)17-14(3,4)6-2/h7-8,11,15,17H,5-6,9-10H2,1-4H3. The van der Waals surface area contributed by atoms with Crippen LogP contribution in [0.3, 0.4) is 0 Å². The van der Waals surface area contributed by atoms with Gasteiger partial charge in [-0.1, -0.05) is 19.9 Å². The first kappa shape index (κ1) is 17.1. The van der Waals surface area contributed by atoms with Crippen LogP contribution in [0.2, 0.25) is 0 Å². The molecule has 0 aliphatic heterocycles. The Morgan fingerprint density at radius 1 is 1.25 bits per heavy atom. The highest BCUT2D eigenvalue weighted by molar-refractivity contribution is 7.89. The zero-order valence-electron chi connectivity index (χ0n) is 12.7. The van der Waals surface area contributed by atoms with Crippen molar-refractivity contribution in [3.05, 3.63) is 23.9 Å². The number of rotatable bonds is 8. The Morgan fingerprint density at radius 3 is 2.45 bits per heavy atom. The van der Waals surface area contributed by atoms with Crippen LogP contribution in [0.1, 0.15) is 46.1 Å². The van der Waals surface area contributed by atoms with Crippen molar-refractivity contribution in [2.45, 2.75) is 57.6 Å². The number of hydrogen-bond acceptors (Lipinski definition) is 4. The zero-order valence-corrected chi connectivity index (χ0v) is 13.5. The second-order valence-electron chi connectivity index (χ2n) is 5.52. The molecule has 0 radical (unpaired) electrons. The Labute approximate surface area is 122 Å². The van der Waals surface area contributed by atoms with Gasteiger partial charge in [-0.3, -0.25) is 0 Å². The molecular formula is C14H25N3O2S. The summed E-state index contributed by atoms with van der Waals surface area (Å²) < 4.78 is 27.0. The van der Waals surface area contributed by atoms with E-state index >= 15 is 0 Å². The molecule has 0 fully saturated rings. The molecule has 2 N–H and O–H groups in total. The van der Waals surface area contributed by atoms with Gasteiger partial charge in [0.2, 0.25) is 0 Å². The summed E-state index contributed by atoms with van der Waals surface area (Å²) in [5, 5.41) is 3.32. The predicted octanol–water partition coefficient (Wildman–Crippen LogP) is 2.05. The van der Waals surface area contributed by atoms with E-state index in [1.165, 1.54) is 0 Å². The third-order valence-electron chi connectivity index (χ3n) is 3.12. The van der Waals surface area contributed by atoms with Crippen LogP contribution in [0.15, 0.2) is 23.4 Å². The topological polar surface area (TPSA) is 71.1 Å². The van der Waals surface area contributed by atoms with Crippen molar-refractivity contribution in [1.29, 1.82) is 0 Å². The fourth-order valence-corrected chi connectivity index (χ4v) is 2.99. The molecular weight excluding hydrogens is 274 g/mol. The molecule has 20 heavy (non-hydrogen) atoms. The van der Waals surface area contributed by atoms with E-state index in [2.05, 4.69) is 21.9 Å². The van der Waals surface area contributed by atoms with Crippen LogP contribution < -0.4 is 10.0 Å². The van der Waals surface area contributed by atoms with E-state index in [1.807, 2.05) is 20.8 Å². The lowest BCUT2D eigenvalue weighted by Crippen LogP contribution is -2.42. The van der Waals surface area contributed by atoms with E-state index in [0.717, 1.165) is 18.5 Å². The summed E-state index contributed by atoms with van der Waals surface area (Å²) in [7, 11) is -3.55. The molecule has 0 saturated heterocycles. The molecule has 6 heteroatoms. The van der Waals surface area contributed by atoms with E-state index in [0.29, 0.717) is 13.0 Å². The summed E-state index contributed by atoms with van der Waals surface area (Å²) in [4.78, 5) is 4.06. The highest BCUT2D eigenvalue weighted by Crippen LogP contribution is 2.14. The Hall–Kier alpha value is -0.980. The highest BCUT2D eigenvalue weighted by Gasteiger charge is 2.25. The second-order valence-corrected chi connectivity index (χ2v) is 7.15. The first-order valence-corrected chi connectivity index (χ1v) is 8.48. The minimum Gasteiger partial charge on any atom is -0.313 e. The van der Waals surface area contributed by atoms with Gasteiger partial charge in [0.25, 0.3) is 10.0 Å². The Balaban J connectivity index is 2.77. The van der Waals surface area contributed by atoms with Crippen molar-refractivity contribution in [3.63, 3.8) is 0 Å². The average Bonchev–Trinajstić information content (AvgIpc) is 2.38. The van der Waals surface area contributed by atoms with Crippen LogP contribution in [0.4, 0.5) is 0 Å². The number of sulfonamides is 1. The number of hydrogen-bond donors (Lipinski definition) is 2. The van der Waals surface area contributed by atoms with Gasteiger partial charge in [-0.05, 0) is 44.9 Å². The van der Waals surface area contributed by atoms with Crippen LogP contribution in [0.25, 0.3) is 0 Å². The Bertz CT molecular complexity index is 510. The molecule has 0 unspecified atom stereocenters. The van der Waals surface area contributed by atoms with Gasteiger partial charge < -0.3 is 5.32 Å². The van der Waals surface area contributed by atoms with Crippen molar-refractivity contribution in [3.8, 4) is 0 Å². The molecule has 1 heterocycles. The van der Waals surface area contributed by atoms with Crippen LogP contribution in [0.5, 0.6) is 0 Å². The molecule has 0 aliphatic rings. The molecule has 0 atom stereocenters. The monoisotopic (exact) mass is 299 g/mol. The maximum Gasteiger partial charge on any atom is 0.258 e. The van der Waals surface area contributed by atoms with Gasteiger partial charge >= 0.3 is 0 Å². The van der Waals surface area contributed by atoms with Gasteiger partial charge in [0.15, 0.2) is 5.03 Å². The summed E-state index contributed by atoms with van der Waals surface area (Å²) in [6.07, 6.45) is 3.39. The van der Waals surface area contributed by atoms with Crippen LogP contribution >= 0.6 is 0 Å². The summed E-state index contributed by atoms with van der Waals surface area (Å²) in [6, 6.07) is 3.35. The minimum atomic E-state index is -3.55. The van der Waals surface area contributed by atoms with Crippen LogP contribution in [-0.4, -0.2) is 25.5 Å². The molecule has 5 nitrogen and oxygen atoms in total. The van der Waals surface area contributed by atoms with Gasteiger partial charge in [0.05, 0.1) is 0 Å². The van der Waals surface area contributed by atoms with Gasteiger partial charge in [-0.15, -0.1) is 0 Å². The van der Waals surface area contributed by atoms with E-state index in [9.17, 15) is 8.42 Å². The van der Waals surface area contributed by atoms with Gasteiger partial charge in [0.1, 0.15) is 0 Å². The second kappa shape index (κ2) is 7.15. The molecule has 0 aliphatic carbocycles. The first-order chi connectivity index (χ1) is 9.30. The van der Waals surface area contributed by atoms with Crippen molar-refractivity contribution < 1.29 is 8.42 Å². The van der Waals surface area contributed by atoms with E-state index in [-0.39, 0.29) is 5.03 Å². The zero-order chi connectivity index (χ0) is 15.2. The number of pyridine rings is 1. The predicted molar refractivity (Wildman–Crippen MR) is 80.9 cm³/mol. The Morgan fingerprint density at radius 2 is 1.95 bits per heavy atom. The lowest BCUT2D eigenvalue weighted by atomic mass is 10.0. The smallest absolute Gasteiger partial charge is 0.258 e. The normalized spacial score (nSPS) is 12.6. The SMILES string of the molecule is CCCNCc1ccc(S(=O)(=O)NC(C)(C)CC)nc1. The van der Waals surface area contributed by atoms with Crippen LogP contribution in [0, 0.1) is 0 Å². The third kappa shape index (κ3) is 5.19. The number of nitrogens with one attached hydrogen (secondary N) is 2. The molecule has 0 spiro atoms. The summed E-state index contributed by atoms with van der Waals surface area (Å²) in [6.45, 7) is 9.39. The van der Waals surface area contributed by atoms with Crippen molar-refractivity contribution in [1.82, 2.24) is 15.0 Å². The summed E-state index contributed by atoms with van der Waals surface area (Å²) >= 11 is 0. The lowest BCUT2D eigenvalue weighted by molar-refractivity contribution is 0.438. The quantitative estimate of drug-likeness (QED) is 0.721. The lowest BCUT2D eigenvalue weighted by Gasteiger charge is -2.23. The van der Waals surface area contributed by atoms with Crippen molar-refractivity contribution in [2.75, 3.05) is 6.54 Å². The first-order valence-electron chi connectivity index (χ1n) is 7.00. The maximum atomic E-state index is 12.2. The van der Waals surface area contributed by atoms with E-state index < -0.39 is 15.6 Å². The fraction of sp³-hybridized carbons (Fsp3) is 0.643. The highest BCUT2D eigenvalue weighted by atomic mass is 32.2. The van der Waals surface area contributed by atoms with Gasteiger partial charge in [-0.25, -0.2) is 18.1 Å². The number of aromatic nitrogens is 1. The third-order valence-corrected chi connectivity index (χ3v) is 4.74. The largest absolute Gasteiger partial charge is 0.313 e. The summed E-state index contributed by atoms with van der Waals surface area (Å²) in [5.41, 5.74) is 0.508. The van der Waals surface area contributed by atoms with Crippen molar-refractivity contribution in [2.24, 2.45) is 0 Å². The molecule has 0 aromatic carbocycles. The van der Waals surface area contributed by atoms with E-state index in [1.54, 1.807) is 18.3 Å². The maximum absolute atomic E-state index is 12.2. The minimum absolute atomic E-state index is 0.0678. The summed E-state index contributed by atoms with van der Waals surface area (Å²) in [5.74, 6) is 0. The van der Waals surface area contributed by atoms with Crippen molar-refractivity contribution >= 4 is 10.0 Å². The van der Waals surface area contributed by atoms with E-state index in [4.69, 9.17) is 0 Å². The molecule has 1 aromatic rings. The van der Waals surface area contributed by atoms with Gasteiger partial charge in [0, 0.05) is 18.3 Å². The Kier molecular flexibility index (Phi) is 6.10. The fourth-order valence-electron chi connectivity index (χ4n) is 1.57. The molecule has 1 rings (SSSR count). The number of nitrogens with zero attached hydrogens (tertiary/aromatic N) is 1. The molecule has 0 saturated carbocycles.